The molecule has 31 heavy (non-hydrogen) atoms. The monoisotopic (exact) mass is 420 g/mol. The summed E-state index contributed by atoms with van der Waals surface area (Å²) in [5, 5.41) is 0.858. The molecule has 0 atom stereocenters. The van der Waals surface area contributed by atoms with Crippen molar-refractivity contribution in [2.75, 3.05) is 28.4 Å². The normalized spacial score (nSPS) is 10.8. The van der Waals surface area contributed by atoms with Crippen LogP contribution in [0.3, 0.4) is 0 Å². The summed E-state index contributed by atoms with van der Waals surface area (Å²) in [5.41, 5.74) is 2.45. The fourth-order valence-corrected chi connectivity index (χ4v) is 3.47. The van der Waals surface area contributed by atoms with E-state index in [4.69, 9.17) is 28.9 Å². The van der Waals surface area contributed by atoms with Crippen molar-refractivity contribution < 1.29 is 18.9 Å². The zero-order chi connectivity index (χ0) is 21.8. The van der Waals surface area contributed by atoms with E-state index in [1.54, 1.807) is 41.0 Å². The van der Waals surface area contributed by atoms with Crippen LogP contribution in [0.4, 0.5) is 0 Å². The number of fused-ring (bicyclic) bond motifs is 1. The third-order valence-corrected chi connectivity index (χ3v) is 5.06. The van der Waals surface area contributed by atoms with Gasteiger partial charge in [-0.15, -0.1) is 0 Å². The van der Waals surface area contributed by atoms with Gasteiger partial charge >= 0.3 is 0 Å². The van der Waals surface area contributed by atoms with Crippen molar-refractivity contribution in [3.63, 3.8) is 0 Å². The molecule has 0 unspecified atom stereocenters. The SMILES string of the molecule is COc1ccc(-c2nc(CCn3ccnc3)nc3cc(OC)c(OC)cc23)cc1OC. The molecule has 0 fully saturated rings. The van der Waals surface area contributed by atoms with E-state index in [0.29, 0.717) is 29.4 Å². The lowest BCUT2D eigenvalue weighted by molar-refractivity contribution is 0.355. The lowest BCUT2D eigenvalue weighted by atomic mass is 10.0. The van der Waals surface area contributed by atoms with E-state index in [-0.39, 0.29) is 0 Å². The van der Waals surface area contributed by atoms with E-state index in [0.717, 1.165) is 34.5 Å². The minimum Gasteiger partial charge on any atom is -0.493 e. The van der Waals surface area contributed by atoms with Gasteiger partial charge in [-0.3, -0.25) is 0 Å². The number of aromatic nitrogens is 4. The lowest BCUT2D eigenvalue weighted by Crippen LogP contribution is -2.05. The van der Waals surface area contributed by atoms with Gasteiger partial charge in [0.2, 0.25) is 0 Å². The van der Waals surface area contributed by atoms with Crippen LogP contribution in [0, 0.1) is 0 Å². The molecule has 160 valence electrons. The van der Waals surface area contributed by atoms with Crippen LogP contribution < -0.4 is 18.9 Å². The highest BCUT2D eigenvalue weighted by Crippen LogP contribution is 2.38. The molecule has 2 aromatic heterocycles. The summed E-state index contributed by atoms with van der Waals surface area (Å²) in [6.07, 6.45) is 6.11. The molecule has 0 amide bonds. The minimum atomic E-state index is 0.617. The van der Waals surface area contributed by atoms with Gasteiger partial charge in [0.25, 0.3) is 0 Å². The Kier molecular flexibility index (Phi) is 5.88. The predicted molar refractivity (Wildman–Crippen MR) is 117 cm³/mol. The Balaban J connectivity index is 1.87. The van der Waals surface area contributed by atoms with Crippen LogP contribution in [0.25, 0.3) is 22.2 Å². The molecular formula is C23H24N4O4. The van der Waals surface area contributed by atoms with Gasteiger partial charge in [-0.2, -0.15) is 0 Å². The van der Waals surface area contributed by atoms with Crippen LogP contribution in [0.2, 0.25) is 0 Å². The molecule has 2 heterocycles. The maximum Gasteiger partial charge on any atom is 0.162 e. The topological polar surface area (TPSA) is 80.5 Å². The van der Waals surface area contributed by atoms with Crippen molar-refractivity contribution in [2.45, 2.75) is 13.0 Å². The second-order valence-corrected chi connectivity index (χ2v) is 6.83. The lowest BCUT2D eigenvalue weighted by Gasteiger charge is -2.14. The molecule has 8 nitrogen and oxygen atoms in total. The Hall–Kier alpha value is -3.81. The van der Waals surface area contributed by atoms with Crippen molar-refractivity contribution in [2.24, 2.45) is 0 Å². The molecule has 4 aromatic rings. The summed E-state index contributed by atoms with van der Waals surface area (Å²) in [6, 6.07) is 9.52. The van der Waals surface area contributed by atoms with E-state index in [1.165, 1.54) is 0 Å². The summed E-state index contributed by atoms with van der Waals surface area (Å²) in [4.78, 5) is 13.8. The van der Waals surface area contributed by atoms with Crippen molar-refractivity contribution in [3.05, 3.63) is 54.9 Å². The summed E-state index contributed by atoms with van der Waals surface area (Å²) in [5.74, 6) is 3.24. The van der Waals surface area contributed by atoms with Crippen molar-refractivity contribution in [1.29, 1.82) is 0 Å². The molecule has 2 aromatic carbocycles. The van der Waals surface area contributed by atoms with Crippen molar-refractivity contribution in [3.8, 4) is 34.3 Å². The fourth-order valence-electron chi connectivity index (χ4n) is 3.47. The van der Waals surface area contributed by atoms with E-state index in [1.807, 2.05) is 41.1 Å². The molecule has 4 rings (SSSR count). The Labute approximate surface area is 180 Å². The van der Waals surface area contributed by atoms with Gasteiger partial charge in [0.15, 0.2) is 23.0 Å². The van der Waals surface area contributed by atoms with E-state index in [9.17, 15) is 0 Å². The van der Waals surface area contributed by atoms with Gasteiger partial charge in [-0.25, -0.2) is 15.0 Å². The van der Waals surface area contributed by atoms with Crippen molar-refractivity contribution in [1.82, 2.24) is 19.5 Å². The third-order valence-electron chi connectivity index (χ3n) is 5.06. The molecule has 0 bridgehead atoms. The highest BCUT2D eigenvalue weighted by molar-refractivity contribution is 5.94. The van der Waals surface area contributed by atoms with Crippen LogP contribution in [0.5, 0.6) is 23.0 Å². The zero-order valence-electron chi connectivity index (χ0n) is 18.0. The molecular weight excluding hydrogens is 396 g/mol. The number of ether oxygens (including phenoxy) is 4. The first-order valence-corrected chi connectivity index (χ1v) is 9.77. The Bertz CT molecular complexity index is 1190. The maximum absolute atomic E-state index is 5.51. The summed E-state index contributed by atoms with van der Waals surface area (Å²) in [7, 11) is 6.45. The maximum atomic E-state index is 5.51. The molecule has 0 N–H and O–H groups in total. The first-order valence-electron chi connectivity index (χ1n) is 9.77. The van der Waals surface area contributed by atoms with Gasteiger partial charge < -0.3 is 23.5 Å². The highest BCUT2D eigenvalue weighted by atomic mass is 16.5. The van der Waals surface area contributed by atoms with Crippen LogP contribution in [-0.4, -0.2) is 48.0 Å². The van der Waals surface area contributed by atoms with Gasteiger partial charge in [0.05, 0.1) is 46.0 Å². The number of hydrogen-bond donors (Lipinski definition) is 0. The number of rotatable bonds is 8. The smallest absolute Gasteiger partial charge is 0.162 e. The average Bonchev–Trinajstić information content (AvgIpc) is 3.34. The summed E-state index contributed by atoms with van der Waals surface area (Å²) in [6.45, 7) is 0.726. The second kappa shape index (κ2) is 8.91. The quantitative estimate of drug-likeness (QED) is 0.429. The Morgan fingerprint density at radius 2 is 1.52 bits per heavy atom. The predicted octanol–water partition coefficient (Wildman–Crippen LogP) is 3.77. The van der Waals surface area contributed by atoms with Crippen LogP contribution in [-0.2, 0) is 13.0 Å². The largest absolute Gasteiger partial charge is 0.493 e. The second-order valence-electron chi connectivity index (χ2n) is 6.83. The molecule has 0 radical (unpaired) electrons. The molecule has 0 aliphatic rings. The molecule has 0 saturated carbocycles. The van der Waals surface area contributed by atoms with E-state index >= 15 is 0 Å². The number of methoxy groups -OCH3 is 4. The summed E-state index contributed by atoms with van der Waals surface area (Å²) >= 11 is 0. The summed E-state index contributed by atoms with van der Waals surface area (Å²) < 4.78 is 23.9. The van der Waals surface area contributed by atoms with Crippen LogP contribution in [0.15, 0.2) is 49.1 Å². The molecule has 0 aliphatic heterocycles. The Morgan fingerprint density at radius 1 is 0.806 bits per heavy atom. The minimum absolute atomic E-state index is 0.617. The molecule has 8 heteroatoms. The molecule has 0 spiro atoms. The van der Waals surface area contributed by atoms with Crippen LogP contribution >= 0.6 is 0 Å². The number of aryl methyl sites for hydroxylation is 2. The fraction of sp³-hybridized carbons (Fsp3) is 0.261. The molecule has 0 aliphatic carbocycles. The van der Waals surface area contributed by atoms with Gasteiger partial charge in [0.1, 0.15) is 5.82 Å². The average molecular weight is 420 g/mol. The number of hydrogen-bond acceptors (Lipinski definition) is 7. The van der Waals surface area contributed by atoms with Crippen LogP contribution in [0.1, 0.15) is 5.82 Å². The number of nitrogens with zero attached hydrogens (tertiary/aromatic N) is 4. The van der Waals surface area contributed by atoms with E-state index in [2.05, 4.69) is 4.98 Å². The molecule has 0 saturated heterocycles. The van der Waals surface area contributed by atoms with Gasteiger partial charge in [-0.1, -0.05) is 0 Å². The standard InChI is InChI=1S/C23H24N4O4/c1-28-18-6-5-15(11-19(18)29-2)23-16-12-20(30-3)21(31-4)13-17(16)25-22(26-23)7-9-27-10-8-24-14-27/h5-6,8,10-14H,7,9H2,1-4H3. The van der Waals surface area contributed by atoms with Crippen molar-refractivity contribution >= 4 is 10.9 Å². The van der Waals surface area contributed by atoms with Gasteiger partial charge in [-0.05, 0) is 24.3 Å². The number of imidazole rings is 1. The van der Waals surface area contributed by atoms with Gasteiger partial charge in [0, 0.05) is 42.4 Å². The zero-order valence-corrected chi connectivity index (χ0v) is 18.0. The highest BCUT2D eigenvalue weighted by Gasteiger charge is 2.16. The first kappa shape index (κ1) is 20.5. The third kappa shape index (κ3) is 4.09. The first-order chi connectivity index (χ1) is 15.2. The Morgan fingerprint density at radius 3 is 2.19 bits per heavy atom. The van der Waals surface area contributed by atoms with E-state index < -0.39 is 0 Å². The number of benzene rings is 2.